The molecule has 16 heavy (non-hydrogen) atoms. The van der Waals surface area contributed by atoms with Gasteiger partial charge in [-0.25, -0.2) is 0 Å². The summed E-state index contributed by atoms with van der Waals surface area (Å²) in [7, 11) is 0. The van der Waals surface area contributed by atoms with Gasteiger partial charge in [-0.05, 0) is 36.3 Å². The first-order valence-electron chi connectivity index (χ1n) is 5.67. The Labute approximate surface area is 110 Å². The zero-order valence-corrected chi connectivity index (χ0v) is 12.2. The van der Waals surface area contributed by atoms with Crippen LogP contribution in [-0.4, -0.2) is 17.3 Å². The standard InChI is InChI=1S/C12H18BrNOS/c1-3-9-6-8-16-11(9)12(15)14-7-5-10(13)4-2/h6,8,10H,3-5,7H2,1-2H3,(H,14,15). The lowest BCUT2D eigenvalue weighted by Gasteiger charge is -2.08. The first-order chi connectivity index (χ1) is 7.69. The third kappa shape index (κ3) is 3.91. The van der Waals surface area contributed by atoms with Crippen molar-refractivity contribution in [1.29, 1.82) is 0 Å². The average molecular weight is 304 g/mol. The number of alkyl halides is 1. The topological polar surface area (TPSA) is 29.1 Å². The highest BCUT2D eigenvalue weighted by Crippen LogP contribution is 2.17. The van der Waals surface area contributed by atoms with Crippen LogP contribution in [0.2, 0.25) is 0 Å². The van der Waals surface area contributed by atoms with E-state index in [1.807, 2.05) is 11.4 Å². The molecule has 1 rings (SSSR count). The summed E-state index contributed by atoms with van der Waals surface area (Å²) in [5, 5.41) is 4.95. The fourth-order valence-corrected chi connectivity index (χ4v) is 2.58. The largest absolute Gasteiger partial charge is 0.351 e. The molecule has 1 amide bonds. The molecule has 0 bridgehead atoms. The Balaban J connectivity index is 2.41. The summed E-state index contributed by atoms with van der Waals surface area (Å²) in [5.41, 5.74) is 1.15. The number of thiophene rings is 1. The molecule has 90 valence electrons. The number of halogens is 1. The second-order valence-corrected chi connectivity index (χ2v) is 5.89. The van der Waals surface area contributed by atoms with Crippen molar-refractivity contribution in [2.75, 3.05) is 6.54 Å². The highest BCUT2D eigenvalue weighted by Gasteiger charge is 2.11. The molecule has 1 unspecified atom stereocenters. The lowest BCUT2D eigenvalue weighted by Crippen LogP contribution is -2.25. The maximum Gasteiger partial charge on any atom is 0.261 e. The molecular weight excluding hydrogens is 286 g/mol. The molecule has 0 aliphatic rings. The molecular formula is C12H18BrNOS. The summed E-state index contributed by atoms with van der Waals surface area (Å²) in [5.74, 6) is 0.0719. The highest BCUT2D eigenvalue weighted by molar-refractivity contribution is 9.09. The Hall–Kier alpha value is -0.350. The van der Waals surface area contributed by atoms with E-state index >= 15 is 0 Å². The van der Waals surface area contributed by atoms with E-state index in [2.05, 4.69) is 35.1 Å². The molecule has 0 fully saturated rings. The van der Waals surface area contributed by atoms with Crippen LogP contribution in [0.25, 0.3) is 0 Å². The molecule has 0 radical (unpaired) electrons. The number of hydrogen-bond donors (Lipinski definition) is 1. The van der Waals surface area contributed by atoms with E-state index in [0.717, 1.165) is 36.2 Å². The molecule has 1 atom stereocenters. The SMILES string of the molecule is CCc1ccsc1C(=O)NCCC(Br)CC. The quantitative estimate of drug-likeness (QED) is 0.799. The lowest BCUT2D eigenvalue weighted by molar-refractivity contribution is 0.0956. The van der Waals surface area contributed by atoms with E-state index in [4.69, 9.17) is 0 Å². The molecule has 4 heteroatoms. The van der Waals surface area contributed by atoms with E-state index in [9.17, 15) is 4.79 Å². The summed E-state index contributed by atoms with van der Waals surface area (Å²) in [4.78, 5) is 13.2. The normalized spacial score (nSPS) is 12.4. The number of carbonyl (C=O) groups is 1. The zero-order chi connectivity index (χ0) is 12.0. The Morgan fingerprint density at radius 3 is 2.94 bits per heavy atom. The van der Waals surface area contributed by atoms with Crippen molar-refractivity contribution in [3.8, 4) is 0 Å². The summed E-state index contributed by atoms with van der Waals surface area (Å²) < 4.78 is 0. The Morgan fingerprint density at radius 1 is 1.56 bits per heavy atom. The van der Waals surface area contributed by atoms with Crippen LogP contribution in [0.5, 0.6) is 0 Å². The molecule has 0 aromatic carbocycles. The van der Waals surface area contributed by atoms with Gasteiger partial charge < -0.3 is 5.32 Å². The lowest BCUT2D eigenvalue weighted by atomic mass is 10.2. The van der Waals surface area contributed by atoms with Gasteiger partial charge in [0.1, 0.15) is 0 Å². The van der Waals surface area contributed by atoms with Crippen molar-refractivity contribution in [3.63, 3.8) is 0 Å². The van der Waals surface area contributed by atoms with Gasteiger partial charge in [-0.15, -0.1) is 11.3 Å². The number of rotatable bonds is 6. The summed E-state index contributed by atoms with van der Waals surface area (Å²) in [6, 6.07) is 2.03. The van der Waals surface area contributed by atoms with Gasteiger partial charge in [0, 0.05) is 11.4 Å². The minimum Gasteiger partial charge on any atom is -0.351 e. The van der Waals surface area contributed by atoms with Crippen molar-refractivity contribution in [1.82, 2.24) is 5.32 Å². The second-order valence-electron chi connectivity index (χ2n) is 3.68. The first-order valence-corrected chi connectivity index (χ1v) is 7.47. The Kier molecular flexibility index (Phi) is 6.06. The molecule has 1 N–H and O–H groups in total. The Bertz CT molecular complexity index is 338. The van der Waals surface area contributed by atoms with Gasteiger partial charge in [-0.2, -0.15) is 0 Å². The number of amides is 1. The number of aryl methyl sites for hydroxylation is 1. The maximum atomic E-state index is 11.8. The molecule has 0 spiro atoms. The van der Waals surface area contributed by atoms with Gasteiger partial charge in [0.25, 0.3) is 5.91 Å². The molecule has 1 aromatic rings. The Morgan fingerprint density at radius 2 is 2.31 bits per heavy atom. The third-order valence-electron chi connectivity index (χ3n) is 2.52. The van der Waals surface area contributed by atoms with E-state index in [0.29, 0.717) is 4.83 Å². The average Bonchev–Trinajstić information content (AvgIpc) is 2.76. The van der Waals surface area contributed by atoms with Crippen LogP contribution in [0.3, 0.4) is 0 Å². The molecule has 2 nitrogen and oxygen atoms in total. The van der Waals surface area contributed by atoms with E-state index in [1.165, 1.54) is 11.3 Å². The minimum absolute atomic E-state index is 0.0719. The molecule has 0 saturated carbocycles. The first kappa shape index (κ1) is 13.7. The van der Waals surface area contributed by atoms with Crippen LogP contribution >= 0.6 is 27.3 Å². The molecule has 1 aromatic heterocycles. The van der Waals surface area contributed by atoms with Crippen molar-refractivity contribution >= 4 is 33.2 Å². The van der Waals surface area contributed by atoms with E-state index in [-0.39, 0.29) is 5.91 Å². The predicted octanol–water partition coefficient (Wildman–Crippen LogP) is 3.60. The van der Waals surface area contributed by atoms with Crippen LogP contribution in [0, 0.1) is 0 Å². The van der Waals surface area contributed by atoms with Crippen molar-refractivity contribution in [2.45, 2.75) is 37.9 Å². The molecule has 1 heterocycles. The summed E-state index contributed by atoms with van der Waals surface area (Å²) >= 11 is 5.08. The maximum absolute atomic E-state index is 11.8. The van der Waals surface area contributed by atoms with Crippen LogP contribution in [0.1, 0.15) is 41.9 Å². The van der Waals surface area contributed by atoms with Gasteiger partial charge in [0.2, 0.25) is 0 Å². The number of nitrogens with one attached hydrogen (secondary N) is 1. The summed E-state index contributed by atoms with van der Waals surface area (Å²) in [6.07, 6.45) is 2.99. The highest BCUT2D eigenvalue weighted by atomic mass is 79.9. The smallest absolute Gasteiger partial charge is 0.261 e. The van der Waals surface area contributed by atoms with Crippen LogP contribution in [-0.2, 0) is 6.42 Å². The van der Waals surface area contributed by atoms with Gasteiger partial charge in [0.15, 0.2) is 0 Å². The fraction of sp³-hybridized carbons (Fsp3) is 0.583. The van der Waals surface area contributed by atoms with Crippen LogP contribution in [0.4, 0.5) is 0 Å². The van der Waals surface area contributed by atoms with E-state index in [1.54, 1.807) is 0 Å². The predicted molar refractivity (Wildman–Crippen MR) is 73.7 cm³/mol. The van der Waals surface area contributed by atoms with Gasteiger partial charge in [-0.3, -0.25) is 4.79 Å². The van der Waals surface area contributed by atoms with Gasteiger partial charge in [0.05, 0.1) is 4.88 Å². The zero-order valence-electron chi connectivity index (χ0n) is 9.75. The second kappa shape index (κ2) is 7.07. The van der Waals surface area contributed by atoms with E-state index < -0.39 is 0 Å². The molecule has 0 aliphatic carbocycles. The molecule has 0 aliphatic heterocycles. The number of carbonyl (C=O) groups excluding carboxylic acids is 1. The van der Waals surface area contributed by atoms with Gasteiger partial charge in [-0.1, -0.05) is 29.8 Å². The molecule has 0 saturated heterocycles. The van der Waals surface area contributed by atoms with Crippen molar-refractivity contribution < 1.29 is 4.79 Å². The minimum atomic E-state index is 0.0719. The monoisotopic (exact) mass is 303 g/mol. The third-order valence-corrected chi connectivity index (χ3v) is 4.58. The van der Waals surface area contributed by atoms with Crippen molar-refractivity contribution in [3.05, 3.63) is 21.9 Å². The van der Waals surface area contributed by atoms with Crippen molar-refractivity contribution in [2.24, 2.45) is 0 Å². The number of hydrogen-bond acceptors (Lipinski definition) is 2. The van der Waals surface area contributed by atoms with Crippen LogP contribution in [0.15, 0.2) is 11.4 Å². The van der Waals surface area contributed by atoms with Gasteiger partial charge >= 0.3 is 0 Å². The fourth-order valence-electron chi connectivity index (χ4n) is 1.44. The van der Waals surface area contributed by atoms with Crippen LogP contribution < -0.4 is 5.32 Å². The summed E-state index contributed by atoms with van der Waals surface area (Å²) in [6.45, 7) is 4.95.